The molecule has 0 bridgehead atoms. The Bertz CT molecular complexity index is 445. The summed E-state index contributed by atoms with van der Waals surface area (Å²) in [5.41, 5.74) is 0.967. The lowest BCUT2D eigenvalue weighted by molar-refractivity contribution is -0.125. The summed E-state index contributed by atoms with van der Waals surface area (Å²) in [6, 6.07) is 1.89. The Morgan fingerprint density at radius 1 is 1.50 bits per heavy atom. The summed E-state index contributed by atoms with van der Waals surface area (Å²) in [5, 5.41) is 2.90. The van der Waals surface area contributed by atoms with Gasteiger partial charge in [0.1, 0.15) is 0 Å². The summed E-state index contributed by atoms with van der Waals surface area (Å²) < 4.78 is 4.93. The Morgan fingerprint density at radius 2 is 2.25 bits per heavy atom. The molecule has 1 amide bonds. The van der Waals surface area contributed by atoms with E-state index in [-0.39, 0.29) is 11.8 Å². The predicted molar refractivity (Wildman–Crippen MR) is 76.6 cm³/mol. The minimum absolute atomic E-state index is 0.0907. The SMILES string of the molecule is COCCNC(=O)C1CCN(c2nccc(C)n2)CC1. The van der Waals surface area contributed by atoms with Gasteiger partial charge in [0, 0.05) is 44.6 Å². The molecule has 0 unspecified atom stereocenters. The van der Waals surface area contributed by atoms with Crippen molar-refractivity contribution in [3.05, 3.63) is 18.0 Å². The first kappa shape index (κ1) is 14.7. The monoisotopic (exact) mass is 278 g/mol. The molecule has 0 aromatic carbocycles. The number of rotatable bonds is 5. The number of anilines is 1. The van der Waals surface area contributed by atoms with Crippen LogP contribution in [0.3, 0.4) is 0 Å². The maximum Gasteiger partial charge on any atom is 0.225 e. The number of piperidine rings is 1. The van der Waals surface area contributed by atoms with Gasteiger partial charge in [-0.2, -0.15) is 0 Å². The molecule has 2 rings (SSSR count). The van der Waals surface area contributed by atoms with E-state index < -0.39 is 0 Å². The zero-order chi connectivity index (χ0) is 14.4. The molecule has 1 aliphatic heterocycles. The lowest BCUT2D eigenvalue weighted by Crippen LogP contribution is -2.41. The molecule has 1 aromatic heterocycles. The van der Waals surface area contributed by atoms with Gasteiger partial charge in [-0.05, 0) is 25.8 Å². The first-order chi connectivity index (χ1) is 9.70. The molecule has 2 heterocycles. The van der Waals surface area contributed by atoms with E-state index in [9.17, 15) is 4.79 Å². The van der Waals surface area contributed by atoms with Crippen LogP contribution in [0.5, 0.6) is 0 Å². The van der Waals surface area contributed by atoms with E-state index >= 15 is 0 Å². The Morgan fingerprint density at radius 3 is 2.90 bits per heavy atom. The van der Waals surface area contributed by atoms with Gasteiger partial charge in [-0.3, -0.25) is 4.79 Å². The van der Waals surface area contributed by atoms with Crippen molar-refractivity contribution in [2.24, 2.45) is 5.92 Å². The number of nitrogens with one attached hydrogen (secondary N) is 1. The minimum Gasteiger partial charge on any atom is -0.383 e. The van der Waals surface area contributed by atoms with Crippen molar-refractivity contribution in [2.45, 2.75) is 19.8 Å². The molecular formula is C14H22N4O2. The molecule has 1 aromatic rings. The van der Waals surface area contributed by atoms with Gasteiger partial charge in [-0.15, -0.1) is 0 Å². The van der Waals surface area contributed by atoms with Crippen LogP contribution in [0.15, 0.2) is 12.3 Å². The van der Waals surface area contributed by atoms with Gasteiger partial charge >= 0.3 is 0 Å². The van der Waals surface area contributed by atoms with Crippen molar-refractivity contribution in [3.8, 4) is 0 Å². The third-order valence-corrected chi connectivity index (χ3v) is 3.54. The summed E-state index contributed by atoms with van der Waals surface area (Å²) in [7, 11) is 1.63. The average Bonchev–Trinajstić information content (AvgIpc) is 2.47. The van der Waals surface area contributed by atoms with Crippen molar-refractivity contribution in [2.75, 3.05) is 38.3 Å². The zero-order valence-electron chi connectivity index (χ0n) is 12.1. The number of carbonyl (C=O) groups excluding carboxylic acids is 1. The number of amides is 1. The third kappa shape index (κ3) is 3.90. The highest BCUT2D eigenvalue weighted by molar-refractivity contribution is 5.78. The Labute approximate surface area is 119 Å². The molecule has 6 heteroatoms. The Kier molecular flexibility index (Phi) is 5.29. The highest BCUT2D eigenvalue weighted by atomic mass is 16.5. The normalized spacial score (nSPS) is 16.2. The van der Waals surface area contributed by atoms with Gasteiger partial charge < -0.3 is 15.0 Å². The first-order valence-electron chi connectivity index (χ1n) is 7.02. The average molecular weight is 278 g/mol. The highest BCUT2D eigenvalue weighted by Gasteiger charge is 2.25. The molecule has 20 heavy (non-hydrogen) atoms. The second kappa shape index (κ2) is 7.19. The van der Waals surface area contributed by atoms with E-state index in [0.29, 0.717) is 13.2 Å². The van der Waals surface area contributed by atoms with Crippen LogP contribution in [-0.2, 0) is 9.53 Å². The topological polar surface area (TPSA) is 67.3 Å². The van der Waals surface area contributed by atoms with E-state index in [2.05, 4.69) is 20.2 Å². The smallest absolute Gasteiger partial charge is 0.225 e. The van der Waals surface area contributed by atoms with Gasteiger partial charge in [0.15, 0.2) is 0 Å². The molecule has 1 aliphatic rings. The maximum absolute atomic E-state index is 12.0. The Hall–Kier alpha value is -1.69. The lowest BCUT2D eigenvalue weighted by Gasteiger charge is -2.31. The van der Waals surface area contributed by atoms with Crippen LogP contribution < -0.4 is 10.2 Å². The summed E-state index contributed by atoms with van der Waals surface area (Å²) in [4.78, 5) is 22.8. The number of methoxy groups -OCH3 is 1. The molecule has 1 N–H and O–H groups in total. The molecule has 0 atom stereocenters. The fourth-order valence-electron chi connectivity index (χ4n) is 2.35. The number of carbonyl (C=O) groups is 1. The molecule has 0 spiro atoms. The molecule has 1 saturated heterocycles. The standard InChI is InChI=1S/C14H22N4O2/c1-11-3-6-16-14(17-11)18-8-4-12(5-9-18)13(19)15-7-10-20-2/h3,6,12H,4-5,7-10H2,1-2H3,(H,15,19). The number of nitrogens with zero attached hydrogens (tertiary/aromatic N) is 3. The number of ether oxygens (including phenoxy) is 1. The van der Waals surface area contributed by atoms with E-state index in [0.717, 1.165) is 37.6 Å². The third-order valence-electron chi connectivity index (χ3n) is 3.54. The summed E-state index contributed by atoms with van der Waals surface area (Å²) >= 11 is 0. The number of aromatic nitrogens is 2. The molecule has 0 saturated carbocycles. The van der Waals surface area contributed by atoms with Crippen LogP contribution in [0.1, 0.15) is 18.5 Å². The largest absolute Gasteiger partial charge is 0.383 e. The van der Waals surface area contributed by atoms with Crippen LogP contribution >= 0.6 is 0 Å². The van der Waals surface area contributed by atoms with Crippen LogP contribution in [0.25, 0.3) is 0 Å². The van der Waals surface area contributed by atoms with Gasteiger partial charge in [-0.25, -0.2) is 9.97 Å². The molecule has 1 fully saturated rings. The van der Waals surface area contributed by atoms with E-state index in [4.69, 9.17) is 4.74 Å². The quantitative estimate of drug-likeness (QED) is 0.806. The fourth-order valence-corrected chi connectivity index (χ4v) is 2.35. The van der Waals surface area contributed by atoms with Crippen molar-refractivity contribution in [1.29, 1.82) is 0 Å². The van der Waals surface area contributed by atoms with Crippen molar-refractivity contribution in [1.82, 2.24) is 15.3 Å². The number of hydrogen-bond donors (Lipinski definition) is 1. The second-order valence-electron chi connectivity index (χ2n) is 5.04. The Balaban J connectivity index is 1.81. The second-order valence-corrected chi connectivity index (χ2v) is 5.04. The molecule has 110 valence electrons. The van der Waals surface area contributed by atoms with Crippen molar-refractivity contribution < 1.29 is 9.53 Å². The van der Waals surface area contributed by atoms with Gasteiger partial charge in [0.25, 0.3) is 0 Å². The van der Waals surface area contributed by atoms with Crippen LogP contribution in [-0.4, -0.2) is 49.2 Å². The van der Waals surface area contributed by atoms with Gasteiger partial charge in [0.05, 0.1) is 6.61 Å². The van der Waals surface area contributed by atoms with Crippen LogP contribution in [0.2, 0.25) is 0 Å². The summed E-state index contributed by atoms with van der Waals surface area (Å²) in [6.45, 7) is 4.75. The zero-order valence-corrected chi connectivity index (χ0v) is 12.1. The van der Waals surface area contributed by atoms with E-state index in [1.54, 1.807) is 13.3 Å². The summed E-state index contributed by atoms with van der Waals surface area (Å²) in [5.74, 6) is 0.989. The molecule has 0 radical (unpaired) electrons. The summed E-state index contributed by atoms with van der Waals surface area (Å²) in [6.07, 6.45) is 3.47. The first-order valence-corrected chi connectivity index (χ1v) is 7.02. The predicted octanol–water partition coefficient (Wildman–Crippen LogP) is 0.764. The number of hydrogen-bond acceptors (Lipinski definition) is 5. The van der Waals surface area contributed by atoms with E-state index in [1.165, 1.54) is 0 Å². The maximum atomic E-state index is 12.0. The van der Waals surface area contributed by atoms with Crippen LogP contribution in [0, 0.1) is 12.8 Å². The number of aryl methyl sites for hydroxylation is 1. The van der Waals surface area contributed by atoms with Crippen LogP contribution in [0.4, 0.5) is 5.95 Å². The van der Waals surface area contributed by atoms with Crippen molar-refractivity contribution in [3.63, 3.8) is 0 Å². The fraction of sp³-hybridized carbons (Fsp3) is 0.643. The highest BCUT2D eigenvalue weighted by Crippen LogP contribution is 2.20. The van der Waals surface area contributed by atoms with Crippen molar-refractivity contribution >= 4 is 11.9 Å². The molecule has 0 aliphatic carbocycles. The minimum atomic E-state index is 0.0907. The van der Waals surface area contributed by atoms with E-state index in [1.807, 2.05) is 13.0 Å². The molecule has 6 nitrogen and oxygen atoms in total. The molecular weight excluding hydrogens is 256 g/mol. The van der Waals surface area contributed by atoms with Gasteiger partial charge in [-0.1, -0.05) is 0 Å². The van der Waals surface area contributed by atoms with Gasteiger partial charge in [0.2, 0.25) is 11.9 Å². The lowest BCUT2D eigenvalue weighted by atomic mass is 9.96.